The van der Waals surface area contributed by atoms with Crippen molar-refractivity contribution in [2.24, 2.45) is 7.05 Å². The summed E-state index contributed by atoms with van der Waals surface area (Å²) in [5, 5.41) is 9.63. The van der Waals surface area contributed by atoms with Gasteiger partial charge in [0, 0.05) is 31.4 Å². The molecule has 164 valence electrons. The molecule has 0 aliphatic carbocycles. The van der Waals surface area contributed by atoms with E-state index in [1.54, 1.807) is 11.7 Å². The van der Waals surface area contributed by atoms with E-state index in [1.807, 2.05) is 38.1 Å². The number of aromatic nitrogens is 3. The first-order valence-corrected chi connectivity index (χ1v) is 9.55. The molecular weight excluding hydrogens is 425 g/mol. The van der Waals surface area contributed by atoms with Gasteiger partial charge in [-0.25, -0.2) is 4.98 Å². The summed E-state index contributed by atoms with van der Waals surface area (Å²) >= 11 is 0. The normalized spacial score (nSPS) is 10.4. The van der Waals surface area contributed by atoms with Gasteiger partial charge in [0.05, 0.1) is 5.39 Å². The zero-order valence-corrected chi connectivity index (χ0v) is 19.3. The van der Waals surface area contributed by atoms with E-state index in [9.17, 15) is 9.59 Å². The molecule has 3 rings (SSSR count). The number of halogens is 2. The maximum atomic E-state index is 12.5. The summed E-state index contributed by atoms with van der Waals surface area (Å²) in [5.74, 6) is -0.0511. The number of nitrogens with zero attached hydrogens (tertiary/aromatic N) is 2. The van der Waals surface area contributed by atoms with Crippen LogP contribution in [0.5, 0.6) is 0 Å². The van der Waals surface area contributed by atoms with Crippen molar-refractivity contribution >= 4 is 47.4 Å². The van der Waals surface area contributed by atoms with Crippen LogP contribution in [-0.4, -0.2) is 27.2 Å². The Morgan fingerprint density at radius 2 is 1.90 bits per heavy atom. The Hall–Kier alpha value is -2.35. The van der Waals surface area contributed by atoms with Crippen LogP contribution < -0.4 is 16.2 Å². The SMILES string of the molecule is CCNCc1ccccc1NC(=O)CCc1c(C)nc2c(c1C)c(=O)[nH]n2C.Cl.Cl. The molecule has 2 heterocycles. The van der Waals surface area contributed by atoms with Gasteiger partial charge in [-0.05, 0) is 49.6 Å². The van der Waals surface area contributed by atoms with Crippen molar-refractivity contribution in [3.63, 3.8) is 0 Å². The number of hydrogen-bond donors (Lipinski definition) is 3. The van der Waals surface area contributed by atoms with E-state index in [-0.39, 0.29) is 36.3 Å². The molecule has 0 fully saturated rings. The maximum Gasteiger partial charge on any atom is 0.273 e. The fourth-order valence-corrected chi connectivity index (χ4v) is 3.52. The van der Waals surface area contributed by atoms with E-state index < -0.39 is 0 Å². The minimum atomic E-state index is -0.148. The Kier molecular flexibility index (Phi) is 9.55. The number of carbonyl (C=O) groups excluding carboxylic acids is 1. The molecular formula is C21H29Cl2N5O2. The molecule has 9 heteroatoms. The second-order valence-electron chi connectivity index (χ2n) is 6.98. The number of benzene rings is 1. The molecule has 2 aromatic heterocycles. The molecule has 1 aromatic carbocycles. The van der Waals surface area contributed by atoms with E-state index in [0.717, 1.165) is 34.6 Å². The summed E-state index contributed by atoms with van der Waals surface area (Å²) in [5.41, 5.74) is 5.08. The number of H-pyrrole nitrogens is 1. The summed E-state index contributed by atoms with van der Waals surface area (Å²) in [6.07, 6.45) is 0.866. The van der Waals surface area contributed by atoms with Gasteiger partial charge in [-0.3, -0.25) is 19.4 Å². The summed E-state index contributed by atoms with van der Waals surface area (Å²) in [4.78, 5) is 29.3. The van der Waals surface area contributed by atoms with Crippen LogP contribution in [0.4, 0.5) is 5.69 Å². The lowest BCUT2D eigenvalue weighted by atomic mass is 10.00. The monoisotopic (exact) mass is 453 g/mol. The number of fused-ring (bicyclic) bond motifs is 1. The molecule has 0 saturated carbocycles. The smallest absolute Gasteiger partial charge is 0.273 e. The summed E-state index contributed by atoms with van der Waals surface area (Å²) < 4.78 is 1.63. The zero-order chi connectivity index (χ0) is 20.3. The van der Waals surface area contributed by atoms with Gasteiger partial charge in [0.2, 0.25) is 5.91 Å². The molecule has 0 spiro atoms. The molecule has 0 saturated heterocycles. The minimum Gasteiger partial charge on any atom is -0.326 e. The van der Waals surface area contributed by atoms with Crippen molar-refractivity contribution in [1.29, 1.82) is 0 Å². The molecule has 0 aliphatic rings. The van der Waals surface area contributed by atoms with E-state index in [4.69, 9.17) is 0 Å². The lowest BCUT2D eigenvalue weighted by molar-refractivity contribution is -0.116. The van der Waals surface area contributed by atoms with Gasteiger partial charge >= 0.3 is 0 Å². The number of rotatable bonds is 7. The number of nitrogens with one attached hydrogen (secondary N) is 3. The lowest BCUT2D eigenvalue weighted by Crippen LogP contribution is -2.17. The first-order chi connectivity index (χ1) is 13.4. The van der Waals surface area contributed by atoms with Gasteiger partial charge in [0.15, 0.2) is 5.65 Å². The number of aryl methyl sites for hydroxylation is 3. The Morgan fingerprint density at radius 3 is 2.60 bits per heavy atom. The maximum absolute atomic E-state index is 12.5. The van der Waals surface area contributed by atoms with Crippen molar-refractivity contribution in [3.05, 3.63) is 57.0 Å². The van der Waals surface area contributed by atoms with Crippen molar-refractivity contribution in [2.45, 2.75) is 40.2 Å². The second kappa shape index (κ2) is 11.2. The van der Waals surface area contributed by atoms with Gasteiger partial charge in [-0.15, -0.1) is 24.8 Å². The highest BCUT2D eigenvalue weighted by Crippen LogP contribution is 2.21. The van der Waals surface area contributed by atoms with Crippen molar-refractivity contribution < 1.29 is 4.79 Å². The molecule has 0 atom stereocenters. The fourth-order valence-electron chi connectivity index (χ4n) is 3.52. The number of para-hydroxylation sites is 1. The Balaban J connectivity index is 0.00000225. The first-order valence-electron chi connectivity index (χ1n) is 9.55. The third kappa shape index (κ3) is 5.41. The number of pyridine rings is 1. The van der Waals surface area contributed by atoms with Crippen molar-refractivity contribution in [3.8, 4) is 0 Å². The highest BCUT2D eigenvalue weighted by atomic mass is 35.5. The zero-order valence-electron chi connectivity index (χ0n) is 17.7. The molecule has 1 amide bonds. The Morgan fingerprint density at radius 1 is 1.20 bits per heavy atom. The first kappa shape index (κ1) is 25.7. The predicted octanol–water partition coefficient (Wildman–Crippen LogP) is 3.40. The van der Waals surface area contributed by atoms with E-state index in [2.05, 4.69) is 27.6 Å². The third-order valence-corrected chi connectivity index (χ3v) is 5.03. The highest BCUT2D eigenvalue weighted by Gasteiger charge is 2.16. The number of carbonyl (C=O) groups is 1. The third-order valence-electron chi connectivity index (χ3n) is 5.03. The summed E-state index contributed by atoms with van der Waals surface area (Å²) in [7, 11) is 1.77. The van der Waals surface area contributed by atoms with Gasteiger partial charge < -0.3 is 10.6 Å². The topological polar surface area (TPSA) is 91.8 Å². The lowest BCUT2D eigenvalue weighted by Gasteiger charge is -2.13. The van der Waals surface area contributed by atoms with Crippen LogP contribution >= 0.6 is 24.8 Å². The van der Waals surface area contributed by atoms with Crippen LogP contribution in [0.15, 0.2) is 29.1 Å². The van der Waals surface area contributed by atoms with Crippen LogP contribution in [0.1, 0.15) is 35.7 Å². The predicted molar refractivity (Wildman–Crippen MR) is 126 cm³/mol. The largest absolute Gasteiger partial charge is 0.326 e. The quantitative estimate of drug-likeness (QED) is 0.510. The summed E-state index contributed by atoms with van der Waals surface area (Å²) in [6, 6.07) is 7.80. The number of amides is 1. The number of anilines is 1. The Bertz CT molecular complexity index is 1080. The molecule has 3 aromatic rings. The summed E-state index contributed by atoms with van der Waals surface area (Å²) in [6.45, 7) is 7.47. The average Bonchev–Trinajstić information content (AvgIpc) is 2.94. The Labute approximate surface area is 188 Å². The van der Waals surface area contributed by atoms with E-state index in [0.29, 0.717) is 30.4 Å². The number of hydrogen-bond acceptors (Lipinski definition) is 4. The van der Waals surface area contributed by atoms with Crippen molar-refractivity contribution in [2.75, 3.05) is 11.9 Å². The van der Waals surface area contributed by atoms with Gasteiger partial charge in [-0.1, -0.05) is 25.1 Å². The van der Waals surface area contributed by atoms with Crippen LogP contribution in [0, 0.1) is 13.8 Å². The standard InChI is InChI=1S/C21H27N5O2.2ClH/c1-5-22-12-15-8-6-7-9-17(15)24-18(27)11-10-16-13(2)19-20(23-14(16)3)26(4)25-21(19)28;;/h6-9,22H,5,10-12H2,1-4H3,(H,24,27)(H,25,28);2*1H. The molecule has 0 unspecified atom stereocenters. The minimum absolute atomic E-state index is 0. The van der Waals surface area contributed by atoms with Crippen LogP contribution in [0.3, 0.4) is 0 Å². The molecule has 0 aliphatic heterocycles. The van der Waals surface area contributed by atoms with Gasteiger partial charge in [0.25, 0.3) is 5.56 Å². The van der Waals surface area contributed by atoms with Crippen LogP contribution in [0.2, 0.25) is 0 Å². The van der Waals surface area contributed by atoms with Crippen LogP contribution in [0.25, 0.3) is 11.0 Å². The second-order valence-corrected chi connectivity index (χ2v) is 6.98. The van der Waals surface area contributed by atoms with Gasteiger partial charge in [-0.2, -0.15) is 0 Å². The molecule has 7 nitrogen and oxygen atoms in total. The van der Waals surface area contributed by atoms with Gasteiger partial charge in [0.1, 0.15) is 0 Å². The fraction of sp³-hybridized carbons (Fsp3) is 0.381. The van der Waals surface area contributed by atoms with Crippen LogP contribution in [-0.2, 0) is 24.8 Å². The molecule has 0 radical (unpaired) electrons. The van der Waals surface area contributed by atoms with Crippen molar-refractivity contribution in [1.82, 2.24) is 20.1 Å². The average molecular weight is 454 g/mol. The number of aromatic amines is 1. The molecule has 30 heavy (non-hydrogen) atoms. The van der Waals surface area contributed by atoms with E-state index >= 15 is 0 Å². The highest BCUT2D eigenvalue weighted by molar-refractivity contribution is 5.91. The molecule has 0 bridgehead atoms. The molecule has 3 N–H and O–H groups in total. The van der Waals surface area contributed by atoms with E-state index in [1.165, 1.54) is 0 Å².